The molecule has 0 N–H and O–H groups in total. The number of hydrogen-bond acceptors (Lipinski definition) is 2. The van der Waals surface area contributed by atoms with Crippen molar-refractivity contribution in [2.75, 3.05) is 0 Å². The SMILES string of the molecule is Fc1cccc(OCc2coc3cccc(F)c23)c1. The van der Waals surface area contributed by atoms with Gasteiger partial charge in [-0.25, -0.2) is 8.78 Å². The van der Waals surface area contributed by atoms with E-state index < -0.39 is 0 Å². The maximum atomic E-state index is 13.7. The molecule has 0 aliphatic carbocycles. The fourth-order valence-corrected chi connectivity index (χ4v) is 1.93. The molecule has 3 aromatic rings. The van der Waals surface area contributed by atoms with Crippen molar-refractivity contribution in [3.63, 3.8) is 0 Å². The number of fused-ring (bicyclic) bond motifs is 1. The minimum Gasteiger partial charge on any atom is -0.489 e. The lowest BCUT2D eigenvalue weighted by molar-refractivity contribution is 0.304. The molecule has 2 aromatic carbocycles. The number of benzene rings is 2. The standard InChI is InChI=1S/C15H10F2O2/c16-11-3-1-4-12(7-11)18-8-10-9-19-14-6-2-5-13(17)15(10)14/h1-7,9H,8H2. The van der Waals surface area contributed by atoms with E-state index in [1.54, 1.807) is 24.3 Å². The summed E-state index contributed by atoms with van der Waals surface area (Å²) in [7, 11) is 0. The first kappa shape index (κ1) is 11.7. The lowest BCUT2D eigenvalue weighted by Gasteiger charge is -2.04. The summed E-state index contributed by atoms with van der Waals surface area (Å²) in [5.41, 5.74) is 1.07. The Balaban J connectivity index is 1.86. The van der Waals surface area contributed by atoms with E-state index in [1.165, 1.54) is 24.5 Å². The molecule has 0 saturated heterocycles. The van der Waals surface area contributed by atoms with Gasteiger partial charge in [-0.05, 0) is 24.3 Å². The van der Waals surface area contributed by atoms with Gasteiger partial charge in [-0.3, -0.25) is 0 Å². The quantitative estimate of drug-likeness (QED) is 0.701. The predicted octanol–water partition coefficient (Wildman–Crippen LogP) is 4.29. The summed E-state index contributed by atoms with van der Waals surface area (Å²) in [6.07, 6.45) is 1.45. The Labute approximate surface area is 108 Å². The molecular weight excluding hydrogens is 250 g/mol. The van der Waals surface area contributed by atoms with Gasteiger partial charge in [0.2, 0.25) is 0 Å². The molecule has 0 spiro atoms. The molecular formula is C15H10F2O2. The highest BCUT2D eigenvalue weighted by atomic mass is 19.1. The van der Waals surface area contributed by atoms with Crippen LogP contribution in [0.1, 0.15) is 5.56 Å². The van der Waals surface area contributed by atoms with Crippen molar-refractivity contribution in [2.45, 2.75) is 6.61 Å². The van der Waals surface area contributed by atoms with Crippen molar-refractivity contribution in [1.82, 2.24) is 0 Å². The molecule has 2 nitrogen and oxygen atoms in total. The lowest BCUT2D eigenvalue weighted by atomic mass is 10.2. The largest absolute Gasteiger partial charge is 0.489 e. The summed E-state index contributed by atoms with van der Waals surface area (Å²) < 4.78 is 37.4. The van der Waals surface area contributed by atoms with Crippen LogP contribution in [-0.4, -0.2) is 0 Å². The van der Waals surface area contributed by atoms with Crippen molar-refractivity contribution < 1.29 is 17.9 Å². The van der Waals surface area contributed by atoms with Crippen molar-refractivity contribution in [1.29, 1.82) is 0 Å². The molecule has 0 atom stereocenters. The zero-order valence-corrected chi connectivity index (χ0v) is 9.90. The molecule has 1 heterocycles. The Kier molecular flexibility index (Phi) is 2.91. The van der Waals surface area contributed by atoms with Gasteiger partial charge in [-0.1, -0.05) is 12.1 Å². The fourth-order valence-electron chi connectivity index (χ4n) is 1.93. The molecule has 0 fully saturated rings. The first-order valence-corrected chi connectivity index (χ1v) is 5.77. The van der Waals surface area contributed by atoms with Crippen LogP contribution in [0.3, 0.4) is 0 Å². The van der Waals surface area contributed by atoms with Crippen LogP contribution >= 0.6 is 0 Å². The van der Waals surface area contributed by atoms with E-state index >= 15 is 0 Å². The molecule has 0 aliphatic rings. The van der Waals surface area contributed by atoms with E-state index in [0.717, 1.165) is 0 Å². The molecule has 96 valence electrons. The molecule has 3 rings (SSSR count). The monoisotopic (exact) mass is 260 g/mol. The summed E-state index contributed by atoms with van der Waals surface area (Å²) in [6, 6.07) is 10.4. The van der Waals surface area contributed by atoms with Gasteiger partial charge in [0, 0.05) is 11.6 Å². The summed E-state index contributed by atoms with van der Waals surface area (Å²) >= 11 is 0. The van der Waals surface area contributed by atoms with Crippen LogP contribution in [0.5, 0.6) is 5.75 Å². The third kappa shape index (κ3) is 2.29. The maximum Gasteiger partial charge on any atom is 0.137 e. The highest BCUT2D eigenvalue weighted by Crippen LogP contribution is 2.25. The summed E-state index contributed by atoms with van der Waals surface area (Å²) in [5.74, 6) is -0.337. The Bertz CT molecular complexity index is 719. The number of furan rings is 1. The minimum absolute atomic E-state index is 0.122. The van der Waals surface area contributed by atoms with E-state index in [9.17, 15) is 8.78 Å². The first-order chi connectivity index (χ1) is 9.24. The lowest BCUT2D eigenvalue weighted by Crippen LogP contribution is -1.95. The van der Waals surface area contributed by atoms with Gasteiger partial charge in [0.05, 0.1) is 11.6 Å². The molecule has 0 saturated carbocycles. The first-order valence-electron chi connectivity index (χ1n) is 5.77. The van der Waals surface area contributed by atoms with Gasteiger partial charge in [0.25, 0.3) is 0 Å². The third-order valence-electron chi connectivity index (χ3n) is 2.82. The second-order valence-corrected chi connectivity index (χ2v) is 4.12. The van der Waals surface area contributed by atoms with Crippen LogP contribution in [0.4, 0.5) is 8.78 Å². The zero-order valence-electron chi connectivity index (χ0n) is 9.90. The van der Waals surface area contributed by atoms with Gasteiger partial charge < -0.3 is 9.15 Å². The Morgan fingerprint density at radius 3 is 2.74 bits per heavy atom. The summed E-state index contributed by atoms with van der Waals surface area (Å²) in [5, 5.41) is 0.402. The molecule has 0 unspecified atom stereocenters. The number of rotatable bonds is 3. The molecule has 4 heteroatoms. The van der Waals surface area contributed by atoms with Gasteiger partial charge in [-0.2, -0.15) is 0 Å². The van der Waals surface area contributed by atoms with Crippen molar-refractivity contribution in [3.05, 3.63) is 65.9 Å². The van der Waals surface area contributed by atoms with Crippen molar-refractivity contribution in [3.8, 4) is 5.75 Å². The Morgan fingerprint density at radius 1 is 1.05 bits per heavy atom. The highest BCUT2D eigenvalue weighted by molar-refractivity contribution is 5.81. The third-order valence-corrected chi connectivity index (χ3v) is 2.82. The van der Waals surface area contributed by atoms with E-state index in [-0.39, 0.29) is 18.2 Å². The van der Waals surface area contributed by atoms with Crippen LogP contribution in [0, 0.1) is 11.6 Å². The van der Waals surface area contributed by atoms with E-state index in [4.69, 9.17) is 9.15 Å². The average molecular weight is 260 g/mol. The smallest absolute Gasteiger partial charge is 0.137 e. The minimum atomic E-state index is -0.374. The molecule has 0 bridgehead atoms. The maximum absolute atomic E-state index is 13.7. The highest BCUT2D eigenvalue weighted by Gasteiger charge is 2.11. The van der Waals surface area contributed by atoms with E-state index in [1.807, 2.05) is 0 Å². The number of hydrogen-bond donors (Lipinski definition) is 0. The average Bonchev–Trinajstić information content (AvgIpc) is 2.81. The molecule has 1 aromatic heterocycles. The van der Waals surface area contributed by atoms with E-state index in [2.05, 4.69) is 0 Å². The predicted molar refractivity (Wildman–Crippen MR) is 66.9 cm³/mol. The summed E-state index contributed by atoms with van der Waals surface area (Å²) in [6.45, 7) is 0.122. The molecule has 0 amide bonds. The molecule has 0 radical (unpaired) electrons. The number of halogens is 2. The van der Waals surface area contributed by atoms with Crippen LogP contribution in [-0.2, 0) is 6.61 Å². The van der Waals surface area contributed by atoms with Gasteiger partial charge >= 0.3 is 0 Å². The Hall–Kier alpha value is -2.36. The van der Waals surface area contributed by atoms with Crippen LogP contribution in [0.25, 0.3) is 11.0 Å². The van der Waals surface area contributed by atoms with Crippen molar-refractivity contribution >= 4 is 11.0 Å². The second kappa shape index (κ2) is 4.72. The second-order valence-electron chi connectivity index (χ2n) is 4.12. The Morgan fingerprint density at radius 2 is 1.89 bits per heavy atom. The van der Waals surface area contributed by atoms with Crippen LogP contribution < -0.4 is 4.74 Å². The fraction of sp³-hybridized carbons (Fsp3) is 0.0667. The van der Waals surface area contributed by atoms with Crippen molar-refractivity contribution in [2.24, 2.45) is 0 Å². The van der Waals surface area contributed by atoms with Crippen LogP contribution in [0.15, 0.2) is 53.1 Å². The van der Waals surface area contributed by atoms with E-state index in [0.29, 0.717) is 22.3 Å². The summed E-state index contributed by atoms with van der Waals surface area (Å²) in [4.78, 5) is 0. The van der Waals surface area contributed by atoms with Crippen LogP contribution in [0.2, 0.25) is 0 Å². The van der Waals surface area contributed by atoms with Gasteiger partial charge in [0.1, 0.15) is 29.6 Å². The number of ether oxygens (including phenoxy) is 1. The van der Waals surface area contributed by atoms with Gasteiger partial charge in [0.15, 0.2) is 0 Å². The topological polar surface area (TPSA) is 22.4 Å². The normalized spacial score (nSPS) is 10.8. The zero-order chi connectivity index (χ0) is 13.2. The van der Waals surface area contributed by atoms with Gasteiger partial charge in [-0.15, -0.1) is 0 Å². The molecule has 0 aliphatic heterocycles. The molecule has 19 heavy (non-hydrogen) atoms.